The average molecular weight is 309 g/mol. The minimum atomic E-state index is 0.0249. The maximum atomic E-state index is 11.2. The molecule has 2 aromatic carbocycles. The Morgan fingerprint density at radius 1 is 0.650 bits per heavy atom. The Kier molecular flexibility index (Phi) is 3.97. The van der Waals surface area contributed by atoms with Gasteiger partial charge in [0, 0.05) is 33.0 Å². The first kappa shape index (κ1) is 14.4. The van der Waals surface area contributed by atoms with Gasteiger partial charge in [0.15, 0.2) is 25.1 Å². The molecule has 100 valence electrons. The zero-order chi connectivity index (χ0) is 14.9. The van der Waals surface area contributed by atoms with E-state index in [1.165, 1.54) is 12.1 Å². The summed E-state index contributed by atoms with van der Waals surface area (Å²) < 4.78 is 0. The van der Waals surface area contributed by atoms with Gasteiger partial charge in [-0.05, 0) is 12.1 Å². The molecule has 0 spiro atoms. The molecule has 0 fully saturated rings. The van der Waals surface area contributed by atoms with Crippen LogP contribution in [0.2, 0.25) is 10.0 Å². The molecule has 0 unspecified atom stereocenters. The smallest absolute Gasteiger partial charge is 0.152 e. The minimum absolute atomic E-state index is 0.0249. The Morgan fingerprint density at radius 2 is 1.00 bits per heavy atom. The summed E-state index contributed by atoms with van der Waals surface area (Å²) in [5.74, 6) is 0. The molecule has 0 atom stereocenters. The summed E-state index contributed by atoms with van der Waals surface area (Å²) in [6, 6.07) is 2.52. The zero-order valence-corrected chi connectivity index (χ0v) is 11.4. The van der Waals surface area contributed by atoms with Crippen LogP contribution in [0.25, 0.3) is 10.8 Å². The van der Waals surface area contributed by atoms with E-state index in [2.05, 4.69) is 0 Å². The zero-order valence-electron chi connectivity index (χ0n) is 9.85. The fourth-order valence-electron chi connectivity index (χ4n) is 2.10. The van der Waals surface area contributed by atoms with Crippen molar-refractivity contribution in [1.29, 1.82) is 0 Å². The first-order valence-electron chi connectivity index (χ1n) is 5.38. The summed E-state index contributed by atoms with van der Waals surface area (Å²) in [5.41, 5.74) is 0.245. The molecule has 0 aliphatic carbocycles. The number of halogens is 2. The normalized spacial score (nSPS) is 10.3. The van der Waals surface area contributed by atoms with Gasteiger partial charge in [0.05, 0.1) is 10.0 Å². The number of hydrogen-bond donors (Lipinski definition) is 0. The van der Waals surface area contributed by atoms with Crippen molar-refractivity contribution in [2.75, 3.05) is 0 Å². The number of carbonyl (C=O) groups excluding carboxylic acids is 4. The van der Waals surface area contributed by atoms with Crippen molar-refractivity contribution in [2.24, 2.45) is 0 Å². The van der Waals surface area contributed by atoms with Crippen molar-refractivity contribution >= 4 is 59.1 Å². The lowest BCUT2D eigenvalue weighted by atomic mass is 9.93. The number of fused-ring (bicyclic) bond motifs is 1. The van der Waals surface area contributed by atoms with E-state index in [9.17, 15) is 19.2 Å². The predicted octanol–water partition coefficient (Wildman–Crippen LogP) is 3.40. The van der Waals surface area contributed by atoms with E-state index in [4.69, 9.17) is 23.2 Å². The fourth-order valence-corrected chi connectivity index (χ4v) is 2.61. The third kappa shape index (κ3) is 2.03. The summed E-state index contributed by atoms with van der Waals surface area (Å²) in [6.45, 7) is 0. The van der Waals surface area contributed by atoms with Gasteiger partial charge < -0.3 is 0 Å². The van der Waals surface area contributed by atoms with Gasteiger partial charge >= 0.3 is 0 Å². The molecule has 0 bridgehead atoms. The van der Waals surface area contributed by atoms with Crippen LogP contribution in [0, 0.1) is 0 Å². The molecule has 0 N–H and O–H groups in total. The molecular formula is C14H6Cl2O4. The highest BCUT2D eigenvalue weighted by Crippen LogP contribution is 2.35. The maximum absolute atomic E-state index is 11.2. The van der Waals surface area contributed by atoms with Gasteiger partial charge in [-0.15, -0.1) is 0 Å². The first-order chi connectivity index (χ1) is 9.58. The van der Waals surface area contributed by atoms with E-state index in [0.717, 1.165) is 0 Å². The SMILES string of the molecule is O=Cc1cc(Cl)c(C=O)c2c(C=O)cc(Cl)c(C=O)c12. The van der Waals surface area contributed by atoms with Gasteiger partial charge in [-0.2, -0.15) is 0 Å². The lowest BCUT2D eigenvalue weighted by molar-refractivity contribution is 0.110. The largest absolute Gasteiger partial charge is 0.298 e. The molecule has 0 saturated heterocycles. The molecule has 0 saturated carbocycles. The van der Waals surface area contributed by atoms with Gasteiger partial charge in [-0.1, -0.05) is 23.2 Å². The van der Waals surface area contributed by atoms with E-state index in [-0.39, 0.29) is 43.1 Å². The molecule has 0 heterocycles. The van der Waals surface area contributed by atoms with Crippen LogP contribution in [0.4, 0.5) is 0 Å². The molecule has 6 heteroatoms. The van der Waals surface area contributed by atoms with Crippen LogP contribution in [-0.2, 0) is 0 Å². The van der Waals surface area contributed by atoms with Gasteiger partial charge in [0.1, 0.15) is 0 Å². The molecule has 0 amide bonds. The summed E-state index contributed by atoms with van der Waals surface area (Å²) in [6.07, 6.45) is 1.91. The van der Waals surface area contributed by atoms with Crippen molar-refractivity contribution in [3.8, 4) is 0 Å². The van der Waals surface area contributed by atoms with Crippen LogP contribution < -0.4 is 0 Å². The number of carbonyl (C=O) groups is 4. The second kappa shape index (κ2) is 5.53. The quantitative estimate of drug-likeness (QED) is 0.812. The van der Waals surface area contributed by atoms with Crippen LogP contribution in [0.15, 0.2) is 12.1 Å². The summed E-state index contributed by atoms with van der Waals surface area (Å²) >= 11 is 11.8. The number of benzene rings is 2. The lowest BCUT2D eigenvalue weighted by Gasteiger charge is -2.12. The van der Waals surface area contributed by atoms with E-state index in [1.807, 2.05) is 0 Å². The Morgan fingerprint density at radius 3 is 1.25 bits per heavy atom. The van der Waals surface area contributed by atoms with Crippen LogP contribution >= 0.6 is 23.2 Å². The molecule has 0 aliphatic rings. The Hall–Kier alpha value is -2.04. The van der Waals surface area contributed by atoms with Crippen LogP contribution in [0.1, 0.15) is 41.4 Å². The second-order valence-corrected chi connectivity index (χ2v) is 4.76. The lowest BCUT2D eigenvalue weighted by Crippen LogP contribution is -2.00. The monoisotopic (exact) mass is 308 g/mol. The Balaban J connectivity index is 3.24. The van der Waals surface area contributed by atoms with E-state index >= 15 is 0 Å². The Bertz CT molecular complexity index is 701. The molecule has 2 aromatic rings. The minimum Gasteiger partial charge on any atom is -0.298 e. The van der Waals surface area contributed by atoms with Crippen LogP contribution in [0.5, 0.6) is 0 Å². The van der Waals surface area contributed by atoms with E-state index < -0.39 is 0 Å². The molecule has 20 heavy (non-hydrogen) atoms. The van der Waals surface area contributed by atoms with Gasteiger partial charge in [0.2, 0.25) is 0 Å². The summed E-state index contributed by atoms with van der Waals surface area (Å²) in [5, 5.41) is 0.348. The predicted molar refractivity (Wildman–Crippen MR) is 75.5 cm³/mol. The topological polar surface area (TPSA) is 68.3 Å². The van der Waals surface area contributed by atoms with Crippen LogP contribution in [-0.4, -0.2) is 25.1 Å². The van der Waals surface area contributed by atoms with Crippen molar-refractivity contribution in [3.63, 3.8) is 0 Å². The van der Waals surface area contributed by atoms with Gasteiger partial charge in [0.25, 0.3) is 0 Å². The first-order valence-corrected chi connectivity index (χ1v) is 6.14. The maximum Gasteiger partial charge on any atom is 0.152 e. The number of rotatable bonds is 4. The standard InChI is InChI=1S/C14H6Cl2O4/c15-11-1-7(3-17)13-10(6-20)12(16)2-8(4-18)14(13)9(11)5-19/h1-6H. The van der Waals surface area contributed by atoms with Gasteiger partial charge in [-0.25, -0.2) is 0 Å². The molecule has 0 aromatic heterocycles. The van der Waals surface area contributed by atoms with Gasteiger partial charge in [-0.3, -0.25) is 19.2 Å². The van der Waals surface area contributed by atoms with Crippen LogP contribution in [0.3, 0.4) is 0 Å². The van der Waals surface area contributed by atoms with E-state index in [1.54, 1.807) is 0 Å². The van der Waals surface area contributed by atoms with Crippen molar-refractivity contribution < 1.29 is 19.2 Å². The third-order valence-corrected chi connectivity index (χ3v) is 3.56. The van der Waals surface area contributed by atoms with E-state index in [0.29, 0.717) is 25.1 Å². The summed E-state index contributed by atoms with van der Waals surface area (Å²) in [7, 11) is 0. The van der Waals surface area contributed by atoms with Crippen molar-refractivity contribution in [1.82, 2.24) is 0 Å². The number of aldehydes is 4. The highest BCUT2D eigenvalue weighted by atomic mass is 35.5. The Labute approximate surface area is 123 Å². The third-order valence-electron chi connectivity index (χ3n) is 2.93. The molecule has 2 rings (SSSR count). The fraction of sp³-hybridized carbons (Fsp3) is 0. The molecule has 0 radical (unpaired) electrons. The summed E-state index contributed by atoms with van der Waals surface area (Å²) in [4.78, 5) is 44.7. The molecule has 4 nitrogen and oxygen atoms in total. The molecular weight excluding hydrogens is 303 g/mol. The van der Waals surface area contributed by atoms with Crippen molar-refractivity contribution in [2.45, 2.75) is 0 Å². The number of hydrogen-bond acceptors (Lipinski definition) is 4. The second-order valence-electron chi connectivity index (χ2n) is 3.94. The highest BCUT2D eigenvalue weighted by Gasteiger charge is 2.19. The van der Waals surface area contributed by atoms with Crippen molar-refractivity contribution in [3.05, 3.63) is 44.4 Å². The average Bonchev–Trinajstić information content (AvgIpc) is 2.45. The molecule has 0 aliphatic heterocycles. The highest BCUT2D eigenvalue weighted by molar-refractivity contribution is 6.38.